The highest BCUT2D eigenvalue weighted by Gasteiger charge is 2.21. The number of aromatic amines is 1. The summed E-state index contributed by atoms with van der Waals surface area (Å²) >= 11 is 0. The quantitative estimate of drug-likeness (QED) is 0.694. The maximum absolute atomic E-state index is 13.6. The number of nitrogens with zero attached hydrogens (tertiary/aromatic N) is 2. The van der Waals surface area contributed by atoms with Crippen LogP contribution in [0.2, 0.25) is 0 Å². The SMILES string of the molecule is Cc1cc(F)cc2c(=O)[nH]c(-c3ccc(C(=O)N4CCN(CCO)CC4)cc3)cc12. The van der Waals surface area contributed by atoms with Gasteiger partial charge in [-0.1, -0.05) is 12.1 Å². The number of hydrogen-bond acceptors (Lipinski definition) is 4. The van der Waals surface area contributed by atoms with Gasteiger partial charge in [0.05, 0.1) is 12.0 Å². The second-order valence-electron chi connectivity index (χ2n) is 7.63. The molecule has 2 heterocycles. The fourth-order valence-corrected chi connectivity index (χ4v) is 3.95. The predicted octanol–water partition coefficient (Wildman–Crippen LogP) is 2.39. The largest absolute Gasteiger partial charge is 0.395 e. The number of aliphatic hydroxyl groups excluding tert-OH is 1. The first-order chi connectivity index (χ1) is 14.5. The van der Waals surface area contributed by atoms with E-state index in [1.165, 1.54) is 12.1 Å². The number of hydrogen-bond donors (Lipinski definition) is 2. The number of aliphatic hydroxyl groups is 1. The van der Waals surface area contributed by atoms with Crippen LogP contribution >= 0.6 is 0 Å². The third-order valence-corrected chi connectivity index (χ3v) is 5.65. The van der Waals surface area contributed by atoms with Crippen molar-refractivity contribution in [2.45, 2.75) is 6.92 Å². The van der Waals surface area contributed by atoms with E-state index >= 15 is 0 Å². The van der Waals surface area contributed by atoms with E-state index in [2.05, 4.69) is 9.88 Å². The number of H-pyrrole nitrogens is 1. The Kier molecular flexibility index (Phi) is 5.65. The molecule has 30 heavy (non-hydrogen) atoms. The van der Waals surface area contributed by atoms with Crippen LogP contribution in [0.3, 0.4) is 0 Å². The lowest BCUT2D eigenvalue weighted by molar-refractivity contribution is 0.0615. The van der Waals surface area contributed by atoms with Crippen molar-refractivity contribution < 1.29 is 14.3 Å². The van der Waals surface area contributed by atoms with Gasteiger partial charge in [0.15, 0.2) is 0 Å². The molecule has 0 unspecified atom stereocenters. The molecule has 0 bridgehead atoms. The number of carbonyl (C=O) groups excluding carboxylic acids is 1. The Bertz CT molecular complexity index is 1130. The summed E-state index contributed by atoms with van der Waals surface area (Å²) in [5.41, 5.74) is 2.35. The number of halogens is 1. The molecule has 0 atom stereocenters. The summed E-state index contributed by atoms with van der Waals surface area (Å²) in [7, 11) is 0. The zero-order chi connectivity index (χ0) is 21.3. The number of amides is 1. The average molecular weight is 409 g/mol. The van der Waals surface area contributed by atoms with Crippen molar-refractivity contribution in [2.75, 3.05) is 39.3 Å². The van der Waals surface area contributed by atoms with Gasteiger partial charge in [-0.05, 0) is 53.8 Å². The topological polar surface area (TPSA) is 76.6 Å². The first-order valence-electron chi connectivity index (χ1n) is 10.0. The lowest BCUT2D eigenvalue weighted by Crippen LogP contribution is -2.49. The Balaban J connectivity index is 1.55. The minimum atomic E-state index is -0.432. The van der Waals surface area contributed by atoms with Crippen LogP contribution in [-0.2, 0) is 0 Å². The molecule has 3 aromatic rings. The number of aromatic nitrogens is 1. The van der Waals surface area contributed by atoms with Gasteiger partial charge in [0.2, 0.25) is 0 Å². The highest BCUT2D eigenvalue weighted by Crippen LogP contribution is 2.24. The van der Waals surface area contributed by atoms with Crippen LogP contribution in [0.25, 0.3) is 22.0 Å². The molecule has 0 saturated carbocycles. The molecule has 1 saturated heterocycles. The van der Waals surface area contributed by atoms with Gasteiger partial charge in [0.1, 0.15) is 5.82 Å². The fraction of sp³-hybridized carbons (Fsp3) is 0.304. The zero-order valence-corrected chi connectivity index (χ0v) is 16.8. The van der Waals surface area contributed by atoms with Crippen LogP contribution in [0.4, 0.5) is 4.39 Å². The van der Waals surface area contributed by atoms with Crippen LogP contribution in [-0.4, -0.2) is 65.1 Å². The molecule has 2 N–H and O–H groups in total. The maximum atomic E-state index is 13.6. The van der Waals surface area contributed by atoms with Gasteiger partial charge in [-0.3, -0.25) is 14.5 Å². The van der Waals surface area contributed by atoms with Crippen molar-refractivity contribution >= 4 is 16.7 Å². The van der Waals surface area contributed by atoms with Gasteiger partial charge >= 0.3 is 0 Å². The molecule has 0 radical (unpaired) electrons. The third kappa shape index (κ3) is 3.99. The number of benzene rings is 2. The summed E-state index contributed by atoms with van der Waals surface area (Å²) in [6.07, 6.45) is 0. The smallest absolute Gasteiger partial charge is 0.256 e. The molecule has 1 fully saturated rings. The molecule has 1 aliphatic rings. The summed E-state index contributed by atoms with van der Waals surface area (Å²) < 4.78 is 13.6. The van der Waals surface area contributed by atoms with Crippen molar-refractivity contribution in [3.05, 3.63) is 69.8 Å². The summed E-state index contributed by atoms with van der Waals surface area (Å²) in [6, 6.07) is 11.6. The third-order valence-electron chi connectivity index (χ3n) is 5.65. The minimum absolute atomic E-state index is 0.0245. The Morgan fingerprint density at radius 1 is 1.07 bits per heavy atom. The van der Waals surface area contributed by atoms with Crippen molar-refractivity contribution in [1.82, 2.24) is 14.8 Å². The second kappa shape index (κ2) is 8.38. The molecule has 2 aromatic carbocycles. The monoisotopic (exact) mass is 409 g/mol. The first kappa shape index (κ1) is 20.3. The summed E-state index contributed by atoms with van der Waals surface area (Å²) in [5.74, 6) is -0.457. The number of fused-ring (bicyclic) bond motifs is 1. The number of nitrogens with one attached hydrogen (secondary N) is 1. The lowest BCUT2D eigenvalue weighted by atomic mass is 10.0. The molecule has 4 rings (SSSR count). The highest BCUT2D eigenvalue weighted by atomic mass is 19.1. The van der Waals surface area contributed by atoms with Crippen molar-refractivity contribution in [2.24, 2.45) is 0 Å². The Morgan fingerprint density at radius 3 is 2.43 bits per heavy atom. The fourth-order valence-electron chi connectivity index (χ4n) is 3.95. The van der Waals surface area contributed by atoms with Gasteiger partial charge in [-0.15, -0.1) is 0 Å². The molecule has 6 nitrogen and oxygen atoms in total. The van der Waals surface area contributed by atoms with E-state index in [0.717, 1.165) is 18.7 Å². The zero-order valence-electron chi connectivity index (χ0n) is 16.8. The van der Waals surface area contributed by atoms with Gasteiger partial charge in [-0.25, -0.2) is 4.39 Å². The van der Waals surface area contributed by atoms with E-state index < -0.39 is 5.82 Å². The van der Waals surface area contributed by atoms with Gasteiger partial charge in [0, 0.05) is 44.0 Å². The molecule has 1 amide bonds. The first-order valence-corrected chi connectivity index (χ1v) is 10.0. The van der Waals surface area contributed by atoms with Crippen LogP contribution in [0.1, 0.15) is 15.9 Å². The molecule has 1 aliphatic heterocycles. The van der Waals surface area contributed by atoms with Gasteiger partial charge in [0.25, 0.3) is 11.5 Å². The van der Waals surface area contributed by atoms with Crippen molar-refractivity contribution in [1.29, 1.82) is 0 Å². The van der Waals surface area contributed by atoms with Crippen LogP contribution < -0.4 is 5.56 Å². The number of rotatable bonds is 4. The molecule has 156 valence electrons. The van der Waals surface area contributed by atoms with Crippen molar-refractivity contribution in [3.63, 3.8) is 0 Å². The molecule has 0 aliphatic carbocycles. The van der Waals surface area contributed by atoms with Crippen LogP contribution in [0.5, 0.6) is 0 Å². The normalized spacial score (nSPS) is 15.0. The molecule has 1 aromatic heterocycles. The lowest BCUT2D eigenvalue weighted by Gasteiger charge is -2.34. The standard InChI is InChI=1S/C23H24FN3O3/c1-15-12-18(24)13-20-19(15)14-21(25-22(20)29)16-2-4-17(5-3-16)23(30)27-8-6-26(7-9-27)10-11-28/h2-5,12-14,28H,6-11H2,1H3,(H,25,29). The van der Waals surface area contributed by atoms with E-state index in [0.29, 0.717) is 47.2 Å². The number of pyridine rings is 1. The van der Waals surface area contributed by atoms with Gasteiger partial charge < -0.3 is 15.0 Å². The average Bonchev–Trinajstić information content (AvgIpc) is 2.75. The summed E-state index contributed by atoms with van der Waals surface area (Å²) in [5, 5.41) is 10.1. The van der Waals surface area contributed by atoms with Crippen molar-refractivity contribution in [3.8, 4) is 11.3 Å². The predicted molar refractivity (Wildman–Crippen MR) is 114 cm³/mol. The summed E-state index contributed by atoms with van der Waals surface area (Å²) in [4.78, 5) is 32.0. The van der Waals surface area contributed by atoms with Crippen LogP contribution in [0.15, 0.2) is 47.3 Å². The number of aryl methyl sites for hydroxylation is 1. The molecular formula is C23H24FN3O3. The van der Waals surface area contributed by atoms with E-state index in [1.54, 1.807) is 19.1 Å². The summed E-state index contributed by atoms with van der Waals surface area (Å²) in [6.45, 7) is 5.30. The maximum Gasteiger partial charge on any atom is 0.256 e. The molecule has 7 heteroatoms. The number of piperazine rings is 1. The molecular weight excluding hydrogens is 385 g/mol. The number of carbonyl (C=O) groups is 1. The van der Waals surface area contributed by atoms with Crippen LogP contribution in [0, 0.1) is 12.7 Å². The van der Waals surface area contributed by atoms with E-state index in [1.807, 2.05) is 23.1 Å². The number of β-amino-alcohol motifs (C(OH)–C–C–N with tert-alkyl or cyclic N) is 1. The Labute approximate surface area is 173 Å². The molecule has 0 spiro atoms. The highest BCUT2D eigenvalue weighted by molar-refractivity contribution is 5.95. The Morgan fingerprint density at radius 2 is 1.77 bits per heavy atom. The second-order valence-corrected chi connectivity index (χ2v) is 7.63. The Hall–Kier alpha value is -3.03. The van der Waals surface area contributed by atoms with Gasteiger partial charge in [-0.2, -0.15) is 0 Å². The van der Waals surface area contributed by atoms with E-state index in [4.69, 9.17) is 5.11 Å². The van der Waals surface area contributed by atoms with E-state index in [9.17, 15) is 14.0 Å². The van der Waals surface area contributed by atoms with E-state index in [-0.39, 0.29) is 18.1 Å². The minimum Gasteiger partial charge on any atom is -0.395 e.